The van der Waals surface area contributed by atoms with Gasteiger partial charge in [-0.3, -0.25) is 9.89 Å². The van der Waals surface area contributed by atoms with E-state index in [0.29, 0.717) is 22.5 Å². The minimum absolute atomic E-state index is 0.162. The Morgan fingerprint density at radius 2 is 2.17 bits per heavy atom. The van der Waals surface area contributed by atoms with Crippen molar-refractivity contribution in [2.45, 2.75) is 39.2 Å². The number of nitrogens with one attached hydrogen (secondary N) is 2. The topological polar surface area (TPSA) is 101 Å². The zero-order chi connectivity index (χ0) is 20.1. The van der Waals surface area contributed by atoms with Crippen LogP contribution in [0, 0.1) is 5.92 Å². The second-order valence-electron chi connectivity index (χ2n) is 7.65. The van der Waals surface area contributed by atoms with Crippen LogP contribution in [0.15, 0.2) is 29.1 Å². The SMILES string of the molecule is C[C@@H]1CCc2c(sc3nc([C@H](C)OC(=O)c4n[nH]c5ccccc45)[nH]c(=O)c23)C1. The summed E-state index contributed by atoms with van der Waals surface area (Å²) in [5, 5.41) is 8.28. The van der Waals surface area contributed by atoms with Gasteiger partial charge in [-0.2, -0.15) is 5.10 Å². The highest BCUT2D eigenvalue weighted by atomic mass is 32.1. The number of aromatic nitrogens is 4. The average Bonchev–Trinajstić information content (AvgIpc) is 3.28. The molecule has 2 N–H and O–H groups in total. The number of esters is 1. The van der Waals surface area contributed by atoms with Crippen molar-refractivity contribution in [1.29, 1.82) is 0 Å². The predicted octanol–water partition coefficient (Wildman–Crippen LogP) is 3.90. The van der Waals surface area contributed by atoms with Crippen LogP contribution in [0.3, 0.4) is 0 Å². The van der Waals surface area contributed by atoms with E-state index >= 15 is 0 Å². The van der Waals surface area contributed by atoms with E-state index in [4.69, 9.17) is 4.74 Å². The van der Waals surface area contributed by atoms with Crippen molar-refractivity contribution in [3.63, 3.8) is 0 Å². The third kappa shape index (κ3) is 3.04. The number of H-pyrrole nitrogens is 2. The summed E-state index contributed by atoms with van der Waals surface area (Å²) in [7, 11) is 0. The molecule has 0 fully saturated rings. The van der Waals surface area contributed by atoms with Gasteiger partial charge in [0.05, 0.1) is 10.9 Å². The van der Waals surface area contributed by atoms with Crippen LogP contribution in [0.5, 0.6) is 0 Å². The van der Waals surface area contributed by atoms with Crippen LogP contribution in [0.4, 0.5) is 0 Å². The Hall–Kier alpha value is -3.00. The summed E-state index contributed by atoms with van der Waals surface area (Å²) in [6.07, 6.45) is 2.29. The fraction of sp³-hybridized carbons (Fsp3) is 0.333. The van der Waals surface area contributed by atoms with E-state index in [1.807, 2.05) is 24.3 Å². The molecular formula is C21H20N4O3S. The maximum Gasteiger partial charge on any atom is 0.360 e. The van der Waals surface area contributed by atoms with Gasteiger partial charge in [0, 0.05) is 10.3 Å². The number of aromatic amines is 2. The van der Waals surface area contributed by atoms with E-state index in [-0.39, 0.29) is 11.3 Å². The van der Waals surface area contributed by atoms with Crippen LogP contribution >= 0.6 is 11.3 Å². The molecule has 2 atom stereocenters. The smallest absolute Gasteiger partial charge is 0.360 e. The summed E-state index contributed by atoms with van der Waals surface area (Å²) < 4.78 is 5.56. The van der Waals surface area contributed by atoms with Crippen LogP contribution in [-0.4, -0.2) is 26.1 Å². The molecule has 0 radical (unpaired) electrons. The second kappa shape index (κ2) is 6.81. The third-order valence-corrected chi connectivity index (χ3v) is 6.66. The van der Waals surface area contributed by atoms with Crippen molar-refractivity contribution in [3.8, 4) is 0 Å². The molecule has 3 aromatic heterocycles. The number of para-hydroxylation sites is 1. The molecule has 1 aliphatic rings. The normalized spacial score (nSPS) is 17.4. The molecule has 7 nitrogen and oxygen atoms in total. The summed E-state index contributed by atoms with van der Waals surface area (Å²) in [4.78, 5) is 34.8. The number of carbonyl (C=O) groups is 1. The lowest BCUT2D eigenvalue weighted by atomic mass is 9.89. The quantitative estimate of drug-likeness (QED) is 0.501. The van der Waals surface area contributed by atoms with Gasteiger partial charge in [-0.1, -0.05) is 25.1 Å². The molecule has 1 aromatic carbocycles. The lowest BCUT2D eigenvalue weighted by molar-refractivity contribution is 0.0315. The van der Waals surface area contributed by atoms with Crippen molar-refractivity contribution >= 4 is 38.4 Å². The lowest BCUT2D eigenvalue weighted by Gasteiger charge is -2.17. The van der Waals surface area contributed by atoms with E-state index in [1.54, 1.807) is 18.3 Å². The summed E-state index contributed by atoms with van der Waals surface area (Å²) in [5.41, 5.74) is 1.95. The molecule has 0 spiro atoms. The Morgan fingerprint density at radius 1 is 1.34 bits per heavy atom. The summed E-state index contributed by atoms with van der Waals surface area (Å²) in [5.74, 6) is 0.414. The minimum atomic E-state index is -0.701. The van der Waals surface area contributed by atoms with Crippen LogP contribution in [0.2, 0.25) is 0 Å². The van der Waals surface area contributed by atoms with Gasteiger partial charge in [0.2, 0.25) is 0 Å². The molecule has 8 heteroatoms. The maximum absolute atomic E-state index is 12.8. The molecule has 1 aliphatic carbocycles. The lowest BCUT2D eigenvalue weighted by Crippen LogP contribution is -2.18. The van der Waals surface area contributed by atoms with Gasteiger partial charge in [-0.25, -0.2) is 9.78 Å². The first kappa shape index (κ1) is 18.1. The molecule has 4 aromatic rings. The second-order valence-corrected chi connectivity index (χ2v) is 8.73. The third-order valence-electron chi connectivity index (χ3n) is 5.52. The zero-order valence-corrected chi connectivity index (χ0v) is 16.9. The Bertz CT molecular complexity index is 1300. The van der Waals surface area contributed by atoms with Crippen LogP contribution in [0.25, 0.3) is 21.1 Å². The number of carbonyl (C=O) groups excluding carboxylic acids is 1. The highest BCUT2D eigenvalue weighted by molar-refractivity contribution is 7.18. The van der Waals surface area contributed by atoms with E-state index < -0.39 is 12.1 Å². The van der Waals surface area contributed by atoms with E-state index in [0.717, 1.165) is 35.2 Å². The number of benzene rings is 1. The molecule has 0 saturated carbocycles. The van der Waals surface area contributed by atoms with Crippen molar-refractivity contribution in [1.82, 2.24) is 20.2 Å². The van der Waals surface area contributed by atoms with E-state index in [1.165, 1.54) is 4.88 Å². The number of rotatable bonds is 3. The number of fused-ring (bicyclic) bond motifs is 4. The Morgan fingerprint density at radius 3 is 3.03 bits per heavy atom. The molecule has 0 aliphatic heterocycles. The molecule has 0 bridgehead atoms. The van der Waals surface area contributed by atoms with Gasteiger partial charge in [0.1, 0.15) is 4.83 Å². The number of ether oxygens (including phenoxy) is 1. The van der Waals surface area contributed by atoms with Gasteiger partial charge in [0.15, 0.2) is 17.6 Å². The number of hydrogen-bond donors (Lipinski definition) is 2. The molecule has 3 heterocycles. The molecular weight excluding hydrogens is 388 g/mol. The first-order valence-corrected chi connectivity index (χ1v) is 10.5. The first-order chi connectivity index (χ1) is 14.0. The van der Waals surface area contributed by atoms with Crippen LogP contribution in [-0.2, 0) is 17.6 Å². The van der Waals surface area contributed by atoms with Crippen molar-refractivity contribution in [3.05, 3.63) is 56.6 Å². The van der Waals surface area contributed by atoms with Gasteiger partial charge in [-0.15, -0.1) is 11.3 Å². The first-order valence-electron chi connectivity index (χ1n) is 9.70. The largest absolute Gasteiger partial charge is 0.450 e. The highest BCUT2D eigenvalue weighted by Gasteiger charge is 2.25. The molecule has 29 heavy (non-hydrogen) atoms. The maximum atomic E-state index is 12.8. The highest BCUT2D eigenvalue weighted by Crippen LogP contribution is 2.36. The number of nitrogens with zero attached hydrogens (tertiary/aromatic N) is 2. The van der Waals surface area contributed by atoms with Crippen molar-refractivity contribution in [2.24, 2.45) is 5.92 Å². The molecule has 5 rings (SSSR count). The van der Waals surface area contributed by atoms with Crippen LogP contribution < -0.4 is 5.56 Å². The molecule has 0 saturated heterocycles. The van der Waals surface area contributed by atoms with E-state index in [9.17, 15) is 9.59 Å². The molecule has 0 unspecified atom stereocenters. The fourth-order valence-electron chi connectivity index (χ4n) is 3.95. The summed E-state index contributed by atoms with van der Waals surface area (Å²) in [6.45, 7) is 3.93. The Balaban J connectivity index is 1.46. The van der Waals surface area contributed by atoms with Crippen molar-refractivity contribution < 1.29 is 9.53 Å². The van der Waals surface area contributed by atoms with Crippen LogP contribution in [0.1, 0.15) is 53.1 Å². The van der Waals surface area contributed by atoms with Crippen molar-refractivity contribution in [2.75, 3.05) is 0 Å². The monoisotopic (exact) mass is 408 g/mol. The number of aryl methyl sites for hydroxylation is 1. The minimum Gasteiger partial charge on any atom is -0.450 e. The predicted molar refractivity (Wildman–Crippen MR) is 111 cm³/mol. The van der Waals surface area contributed by atoms with E-state index in [2.05, 4.69) is 27.1 Å². The number of hydrogen-bond acceptors (Lipinski definition) is 6. The fourth-order valence-corrected chi connectivity index (χ4v) is 5.34. The standard InChI is InChI=1S/C21H20N4O3S/c1-10-7-8-13-15(9-10)29-20-16(13)19(26)22-18(23-20)11(2)28-21(27)17-12-5-3-4-6-14(12)24-25-17/h3-6,10-11H,7-9H2,1-2H3,(H,24,25)(H,22,23,26)/t10-,11+/m1/s1. The molecule has 0 amide bonds. The Labute approximate surface area is 170 Å². The number of thiophene rings is 1. The average molecular weight is 408 g/mol. The van der Waals surface area contributed by atoms with Gasteiger partial charge < -0.3 is 9.72 Å². The molecule has 148 valence electrons. The summed E-state index contributed by atoms with van der Waals surface area (Å²) in [6, 6.07) is 7.35. The van der Waals surface area contributed by atoms with Gasteiger partial charge >= 0.3 is 5.97 Å². The zero-order valence-electron chi connectivity index (χ0n) is 16.1. The summed E-state index contributed by atoms with van der Waals surface area (Å²) >= 11 is 1.58. The van der Waals surface area contributed by atoms with Gasteiger partial charge in [0.25, 0.3) is 5.56 Å². The Kier molecular flexibility index (Phi) is 4.24. The van der Waals surface area contributed by atoms with Gasteiger partial charge in [-0.05, 0) is 43.7 Å².